The van der Waals surface area contributed by atoms with E-state index < -0.39 is 6.43 Å². The normalized spacial score (nSPS) is 19.0. The number of hydrogen-bond donors (Lipinski definition) is 1. The Kier molecular flexibility index (Phi) is 2.38. The Labute approximate surface area is 86.2 Å². The van der Waals surface area contributed by atoms with Crippen molar-refractivity contribution < 1.29 is 13.5 Å². The van der Waals surface area contributed by atoms with E-state index >= 15 is 0 Å². The predicted octanol–water partition coefficient (Wildman–Crippen LogP) is 1.10. The SMILES string of the molecule is Cn1cc(OC2(C)CNC2)c(C(F)F)n1. The molecular formula is C9H13F2N3O. The third-order valence-corrected chi connectivity index (χ3v) is 2.38. The number of nitrogens with one attached hydrogen (secondary N) is 1. The van der Waals surface area contributed by atoms with Crippen molar-refractivity contribution in [1.82, 2.24) is 15.1 Å². The zero-order valence-electron chi connectivity index (χ0n) is 8.63. The second-order valence-corrected chi connectivity index (χ2v) is 4.01. The van der Waals surface area contributed by atoms with E-state index in [0.29, 0.717) is 13.1 Å². The van der Waals surface area contributed by atoms with Crippen LogP contribution in [0.3, 0.4) is 0 Å². The highest BCUT2D eigenvalue weighted by molar-refractivity contribution is 5.27. The second kappa shape index (κ2) is 3.44. The minimum atomic E-state index is -2.60. The van der Waals surface area contributed by atoms with E-state index in [1.807, 2.05) is 6.92 Å². The largest absolute Gasteiger partial charge is 0.481 e. The summed E-state index contributed by atoms with van der Waals surface area (Å²) in [5, 5.41) is 6.71. The zero-order valence-corrected chi connectivity index (χ0v) is 8.63. The molecule has 1 aromatic heterocycles. The molecular weight excluding hydrogens is 204 g/mol. The molecule has 1 saturated heterocycles. The van der Waals surface area contributed by atoms with Crippen molar-refractivity contribution in [1.29, 1.82) is 0 Å². The third kappa shape index (κ3) is 1.94. The monoisotopic (exact) mass is 217 g/mol. The maximum Gasteiger partial charge on any atom is 0.285 e. The molecule has 1 fully saturated rings. The minimum Gasteiger partial charge on any atom is -0.481 e. The number of ether oxygens (including phenoxy) is 1. The van der Waals surface area contributed by atoms with Crippen LogP contribution < -0.4 is 10.1 Å². The van der Waals surface area contributed by atoms with Crippen LogP contribution in [-0.4, -0.2) is 28.5 Å². The molecule has 0 amide bonds. The van der Waals surface area contributed by atoms with Gasteiger partial charge in [-0.25, -0.2) is 8.78 Å². The molecule has 0 unspecified atom stereocenters. The van der Waals surface area contributed by atoms with Gasteiger partial charge in [0.05, 0.1) is 6.20 Å². The highest BCUT2D eigenvalue weighted by atomic mass is 19.3. The average molecular weight is 217 g/mol. The van der Waals surface area contributed by atoms with Gasteiger partial charge < -0.3 is 10.1 Å². The number of rotatable bonds is 3. The van der Waals surface area contributed by atoms with E-state index in [1.165, 1.54) is 10.9 Å². The van der Waals surface area contributed by atoms with Crippen LogP contribution >= 0.6 is 0 Å². The third-order valence-electron chi connectivity index (χ3n) is 2.38. The fourth-order valence-electron chi connectivity index (χ4n) is 1.53. The molecule has 1 N–H and O–H groups in total. The van der Waals surface area contributed by atoms with Crippen molar-refractivity contribution >= 4 is 0 Å². The summed E-state index contributed by atoms with van der Waals surface area (Å²) in [5.41, 5.74) is -0.669. The van der Waals surface area contributed by atoms with Gasteiger partial charge in [0.2, 0.25) is 0 Å². The van der Waals surface area contributed by atoms with E-state index in [-0.39, 0.29) is 17.0 Å². The van der Waals surface area contributed by atoms with Gasteiger partial charge in [0.1, 0.15) is 5.60 Å². The van der Waals surface area contributed by atoms with Gasteiger partial charge in [-0.05, 0) is 6.92 Å². The number of alkyl halides is 2. The van der Waals surface area contributed by atoms with Crippen LogP contribution in [-0.2, 0) is 7.05 Å². The lowest BCUT2D eigenvalue weighted by Crippen LogP contribution is -2.61. The van der Waals surface area contributed by atoms with Crippen LogP contribution in [0.4, 0.5) is 8.78 Å². The molecule has 0 spiro atoms. The summed E-state index contributed by atoms with van der Waals surface area (Å²) >= 11 is 0. The van der Waals surface area contributed by atoms with Gasteiger partial charge in [-0.1, -0.05) is 0 Å². The van der Waals surface area contributed by atoms with Gasteiger partial charge in [0.15, 0.2) is 11.4 Å². The summed E-state index contributed by atoms with van der Waals surface area (Å²) in [6.07, 6.45) is -1.12. The Bertz CT molecular complexity index is 360. The first-order valence-corrected chi connectivity index (χ1v) is 4.72. The number of nitrogens with zero attached hydrogens (tertiary/aromatic N) is 2. The second-order valence-electron chi connectivity index (χ2n) is 4.01. The Morgan fingerprint density at radius 1 is 1.60 bits per heavy atom. The summed E-state index contributed by atoms with van der Waals surface area (Å²) in [6, 6.07) is 0. The van der Waals surface area contributed by atoms with E-state index in [1.54, 1.807) is 7.05 Å². The lowest BCUT2D eigenvalue weighted by molar-refractivity contribution is 0.0296. The van der Waals surface area contributed by atoms with Gasteiger partial charge in [0.25, 0.3) is 6.43 Å². The highest BCUT2D eigenvalue weighted by Gasteiger charge is 2.35. The summed E-state index contributed by atoms with van der Waals surface area (Å²) in [5.74, 6) is 0.177. The molecule has 1 aromatic rings. The van der Waals surface area contributed by atoms with Crippen LogP contribution in [0, 0.1) is 0 Å². The number of halogens is 2. The van der Waals surface area contributed by atoms with Crippen LogP contribution in [0.15, 0.2) is 6.20 Å². The van der Waals surface area contributed by atoms with Gasteiger partial charge in [-0.3, -0.25) is 4.68 Å². The van der Waals surface area contributed by atoms with Crippen LogP contribution in [0.2, 0.25) is 0 Å². The van der Waals surface area contributed by atoms with Crippen LogP contribution in [0.1, 0.15) is 19.0 Å². The number of hydrogen-bond acceptors (Lipinski definition) is 3. The fraction of sp³-hybridized carbons (Fsp3) is 0.667. The molecule has 2 heterocycles. The van der Waals surface area contributed by atoms with Gasteiger partial charge >= 0.3 is 0 Å². The minimum absolute atomic E-state index is 0.177. The standard InChI is InChI=1S/C9H13F2N3O/c1-9(4-12-5-9)15-6-3-14(2)13-7(6)8(10)11/h3,8,12H,4-5H2,1-2H3. The van der Waals surface area contributed by atoms with Gasteiger partial charge in [-0.2, -0.15) is 5.10 Å². The molecule has 2 rings (SSSR count). The molecule has 4 nitrogen and oxygen atoms in total. The van der Waals surface area contributed by atoms with Crippen molar-refractivity contribution in [2.45, 2.75) is 19.0 Å². The van der Waals surface area contributed by atoms with Crippen LogP contribution in [0.5, 0.6) is 5.75 Å². The molecule has 15 heavy (non-hydrogen) atoms. The maximum absolute atomic E-state index is 12.6. The van der Waals surface area contributed by atoms with Crippen LogP contribution in [0.25, 0.3) is 0 Å². The molecule has 6 heteroatoms. The van der Waals surface area contributed by atoms with Gasteiger partial charge in [-0.15, -0.1) is 0 Å². The van der Waals surface area contributed by atoms with Crippen molar-refractivity contribution in [2.24, 2.45) is 7.05 Å². The molecule has 0 radical (unpaired) electrons. The van der Waals surface area contributed by atoms with E-state index in [2.05, 4.69) is 10.4 Å². The van der Waals surface area contributed by atoms with Crippen molar-refractivity contribution in [2.75, 3.05) is 13.1 Å². The summed E-state index contributed by atoms with van der Waals surface area (Å²) in [4.78, 5) is 0. The molecule has 1 aliphatic rings. The van der Waals surface area contributed by atoms with Crippen molar-refractivity contribution in [3.8, 4) is 5.75 Å². The van der Waals surface area contributed by atoms with E-state index in [9.17, 15) is 8.78 Å². The summed E-state index contributed by atoms with van der Waals surface area (Å²) in [7, 11) is 1.60. The summed E-state index contributed by atoms with van der Waals surface area (Å²) < 4.78 is 32.0. The zero-order chi connectivity index (χ0) is 11.1. The number of aromatic nitrogens is 2. The molecule has 0 bridgehead atoms. The Hall–Kier alpha value is -1.17. The van der Waals surface area contributed by atoms with E-state index in [0.717, 1.165) is 0 Å². The Morgan fingerprint density at radius 3 is 2.73 bits per heavy atom. The van der Waals surface area contributed by atoms with Crippen molar-refractivity contribution in [3.63, 3.8) is 0 Å². The fourth-order valence-corrected chi connectivity index (χ4v) is 1.53. The van der Waals surface area contributed by atoms with Crippen molar-refractivity contribution in [3.05, 3.63) is 11.9 Å². The lowest BCUT2D eigenvalue weighted by atomic mass is 10.00. The van der Waals surface area contributed by atoms with E-state index in [4.69, 9.17) is 4.74 Å². The molecule has 0 aromatic carbocycles. The smallest absolute Gasteiger partial charge is 0.285 e. The topological polar surface area (TPSA) is 39.1 Å². The first kappa shape index (κ1) is 10.4. The maximum atomic E-state index is 12.6. The first-order chi connectivity index (χ1) is 7.00. The first-order valence-electron chi connectivity index (χ1n) is 4.72. The average Bonchev–Trinajstić information content (AvgIpc) is 2.44. The molecule has 0 saturated carbocycles. The van der Waals surface area contributed by atoms with Gasteiger partial charge in [0, 0.05) is 20.1 Å². The Balaban J connectivity index is 2.19. The Morgan fingerprint density at radius 2 is 2.27 bits per heavy atom. The lowest BCUT2D eigenvalue weighted by Gasteiger charge is -2.39. The molecule has 0 aliphatic carbocycles. The molecule has 0 atom stereocenters. The molecule has 1 aliphatic heterocycles. The number of aryl methyl sites for hydroxylation is 1. The summed E-state index contributed by atoms with van der Waals surface area (Å²) in [6.45, 7) is 3.22. The molecule has 84 valence electrons. The quantitative estimate of drug-likeness (QED) is 0.824. The predicted molar refractivity (Wildman–Crippen MR) is 50.1 cm³/mol. The highest BCUT2D eigenvalue weighted by Crippen LogP contribution is 2.30.